The quantitative estimate of drug-likeness (QED) is 0.798. The van der Waals surface area contributed by atoms with Crippen LogP contribution in [0, 0.1) is 0 Å². The summed E-state index contributed by atoms with van der Waals surface area (Å²) in [6.45, 7) is 9.11. The molecule has 0 unspecified atom stereocenters. The molecule has 0 N–H and O–H groups in total. The third-order valence-corrected chi connectivity index (χ3v) is 3.85. The third kappa shape index (κ3) is 2.70. The maximum Gasteiger partial charge on any atom is 0.330 e. The van der Waals surface area contributed by atoms with Crippen LogP contribution >= 0.6 is 0 Å². The SMILES string of the molecule is C=C=CN1CCN(c2cccc(N3CCN(C=C=C)C3=O)n2)C1=O. The second kappa shape index (κ2) is 6.46. The molecule has 0 bridgehead atoms. The van der Waals surface area contributed by atoms with E-state index in [9.17, 15) is 9.59 Å². The van der Waals surface area contributed by atoms with Crippen molar-refractivity contribution in [1.29, 1.82) is 0 Å². The van der Waals surface area contributed by atoms with Crippen LogP contribution in [0.3, 0.4) is 0 Å². The van der Waals surface area contributed by atoms with Gasteiger partial charge in [0.2, 0.25) is 0 Å². The van der Waals surface area contributed by atoms with Crippen LogP contribution in [-0.2, 0) is 0 Å². The number of pyridine rings is 1. The number of aromatic nitrogens is 1. The monoisotopic (exact) mass is 323 g/mol. The first-order valence-electron chi connectivity index (χ1n) is 7.51. The van der Waals surface area contributed by atoms with Crippen molar-refractivity contribution in [3.8, 4) is 0 Å². The summed E-state index contributed by atoms with van der Waals surface area (Å²) in [5, 5.41) is 0. The number of amides is 4. The van der Waals surface area contributed by atoms with Gasteiger partial charge in [0, 0.05) is 26.2 Å². The van der Waals surface area contributed by atoms with E-state index in [4.69, 9.17) is 0 Å². The first kappa shape index (κ1) is 15.6. The van der Waals surface area contributed by atoms with Crippen molar-refractivity contribution in [3.05, 3.63) is 55.2 Å². The first-order chi connectivity index (χ1) is 11.7. The van der Waals surface area contributed by atoms with E-state index in [1.54, 1.807) is 28.0 Å². The lowest BCUT2D eigenvalue weighted by molar-refractivity contribution is 0.233. The van der Waals surface area contributed by atoms with E-state index in [1.165, 1.54) is 22.2 Å². The van der Waals surface area contributed by atoms with Crippen LogP contribution in [0.4, 0.5) is 21.2 Å². The van der Waals surface area contributed by atoms with Crippen LogP contribution < -0.4 is 9.80 Å². The number of hydrogen-bond acceptors (Lipinski definition) is 3. The summed E-state index contributed by atoms with van der Waals surface area (Å²) in [5.41, 5.74) is 5.20. The van der Waals surface area contributed by atoms with Crippen LogP contribution in [-0.4, -0.2) is 53.0 Å². The zero-order chi connectivity index (χ0) is 17.1. The Morgan fingerprint density at radius 2 is 1.33 bits per heavy atom. The molecule has 7 nitrogen and oxygen atoms in total. The molecule has 2 aliphatic heterocycles. The second-order valence-electron chi connectivity index (χ2n) is 5.28. The van der Waals surface area contributed by atoms with Gasteiger partial charge in [-0.3, -0.25) is 19.6 Å². The first-order valence-corrected chi connectivity index (χ1v) is 7.51. The maximum atomic E-state index is 12.3. The van der Waals surface area contributed by atoms with Crippen LogP contribution in [0.2, 0.25) is 0 Å². The van der Waals surface area contributed by atoms with E-state index in [0.29, 0.717) is 37.8 Å². The van der Waals surface area contributed by atoms with E-state index >= 15 is 0 Å². The van der Waals surface area contributed by atoms with Crippen LogP contribution in [0.15, 0.2) is 55.2 Å². The van der Waals surface area contributed by atoms with Gasteiger partial charge in [0.15, 0.2) is 0 Å². The molecule has 2 fully saturated rings. The summed E-state index contributed by atoms with van der Waals surface area (Å²) in [6, 6.07) is 4.94. The average molecular weight is 323 g/mol. The molecule has 7 heteroatoms. The maximum absolute atomic E-state index is 12.3. The number of hydrogen-bond donors (Lipinski definition) is 0. The minimum absolute atomic E-state index is 0.181. The number of rotatable bonds is 4. The molecular weight excluding hydrogens is 306 g/mol. The number of anilines is 2. The molecule has 2 aliphatic rings. The van der Waals surface area contributed by atoms with Gasteiger partial charge < -0.3 is 0 Å². The molecule has 2 saturated heterocycles. The summed E-state index contributed by atoms with van der Waals surface area (Å²) in [4.78, 5) is 35.3. The molecule has 0 aliphatic carbocycles. The molecule has 3 rings (SSSR count). The van der Waals surface area contributed by atoms with E-state index in [-0.39, 0.29) is 12.1 Å². The Labute approximate surface area is 140 Å². The molecule has 1 aromatic rings. The molecule has 24 heavy (non-hydrogen) atoms. The molecule has 0 saturated carbocycles. The van der Waals surface area contributed by atoms with Crippen LogP contribution in [0.5, 0.6) is 0 Å². The fourth-order valence-electron chi connectivity index (χ4n) is 2.71. The lowest BCUT2D eigenvalue weighted by Gasteiger charge is -2.19. The van der Waals surface area contributed by atoms with Crippen LogP contribution in [0.25, 0.3) is 0 Å². The van der Waals surface area contributed by atoms with Crippen molar-refractivity contribution < 1.29 is 9.59 Å². The summed E-state index contributed by atoms with van der Waals surface area (Å²) >= 11 is 0. The zero-order valence-corrected chi connectivity index (χ0v) is 13.2. The number of urea groups is 2. The molecule has 4 amide bonds. The normalized spacial score (nSPS) is 17.2. The van der Waals surface area contributed by atoms with Gasteiger partial charge >= 0.3 is 12.1 Å². The molecule has 122 valence electrons. The Morgan fingerprint density at radius 3 is 1.75 bits per heavy atom. The predicted octanol–water partition coefficient (Wildman–Crippen LogP) is 2.16. The Morgan fingerprint density at radius 1 is 0.875 bits per heavy atom. The van der Waals surface area contributed by atoms with Gasteiger partial charge in [0.1, 0.15) is 11.6 Å². The molecule has 0 atom stereocenters. The Hall–Kier alpha value is -3.27. The highest BCUT2D eigenvalue weighted by molar-refractivity contribution is 5.96. The predicted molar refractivity (Wildman–Crippen MR) is 90.6 cm³/mol. The Bertz CT molecular complexity index is 716. The average Bonchev–Trinajstić information content (AvgIpc) is 3.13. The van der Waals surface area contributed by atoms with Crippen molar-refractivity contribution >= 4 is 23.7 Å². The topological polar surface area (TPSA) is 60.0 Å². The van der Waals surface area contributed by atoms with Crippen LogP contribution in [0.1, 0.15) is 0 Å². The van der Waals surface area contributed by atoms with Crippen molar-refractivity contribution in [2.45, 2.75) is 0 Å². The highest BCUT2D eigenvalue weighted by atomic mass is 16.2. The highest BCUT2D eigenvalue weighted by Gasteiger charge is 2.32. The highest BCUT2D eigenvalue weighted by Crippen LogP contribution is 2.24. The van der Waals surface area contributed by atoms with E-state index in [0.717, 1.165) is 0 Å². The van der Waals surface area contributed by atoms with Crippen molar-refractivity contribution in [2.24, 2.45) is 0 Å². The third-order valence-electron chi connectivity index (χ3n) is 3.85. The van der Waals surface area contributed by atoms with Gasteiger partial charge in [0.25, 0.3) is 0 Å². The smallest absolute Gasteiger partial charge is 0.292 e. The van der Waals surface area contributed by atoms with Gasteiger partial charge in [-0.15, -0.1) is 11.5 Å². The van der Waals surface area contributed by atoms with E-state index < -0.39 is 0 Å². The van der Waals surface area contributed by atoms with Gasteiger partial charge in [-0.2, -0.15) is 0 Å². The lowest BCUT2D eigenvalue weighted by atomic mass is 10.4. The van der Waals surface area contributed by atoms with E-state index in [1.807, 2.05) is 0 Å². The molecule has 1 aromatic heterocycles. The molecule has 0 spiro atoms. The fourth-order valence-corrected chi connectivity index (χ4v) is 2.71. The summed E-state index contributed by atoms with van der Waals surface area (Å²) < 4.78 is 0. The standard InChI is InChI=1S/C17H17N5O2/c1-3-8-19-10-12-21(16(19)23)14-6-5-7-15(18-14)22-13-11-20(9-4-2)17(22)24/h5-9H,1-2,10-13H2. The fraction of sp³-hybridized carbons (Fsp3) is 0.235. The van der Waals surface area contributed by atoms with Gasteiger partial charge in [-0.1, -0.05) is 19.2 Å². The molecule has 0 radical (unpaired) electrons. The largest absolute Gasteiger partial charge is 0.330 e. The van der Waals surface area contributed by atoms with Crippen molar-refractivity contribution in [2.75, 3.05) is 36.0 Å². The number of carbonyl (C=O) groups excluding carboxylic acids is 2. The second-order valence-corrected chi connectivity index (χ2v) is 5.28. The zero-order valence-electron chi connectivity index (χ0n) is 13.2. The van der Waals surface area contributed by atoms with Gasteiger partial charge in [0.05, 0.1) is 12.4 Å². The van der Waals surface area contributed by atoms with Crippen molar-refractivity contribution in [3.63, 3.8) is 0 Å². The Balaban J connectivity index is 1.83. The molecule has 0 aromatic carbocycles. The Kier molecular flexibility index (Phi) is 4.20. The number of nitrogens with zero attached hydrogens (tertiary/aromatic N) is 5. The van der Waals surface area contributed by atoms with Gasteiger partial charge in [-0.25, -0.2) is 14.6 Å². The minimum atomic E-state index is -0.181. The summed E-state index contributed by atoms with van der Waals surface area (Å²) in [7, 11) is 0. The van der Waals surface area contributed by atoms with Gasteiger partial charge in [-0.05, 0) is 12.1 Å². The number of carbonyl (C=O) groups is 2. The molecular formula is C17H17N5O2. The molecule has 3 heterocycles. The minimum Gasteiger partial charge on any atom is -0.292 e. The summed E-state index contributed by atoms with van der Waals surface area (Å²) in [5.74, 6) is 1.03. The van der Waals surface area contributed by atoms with E-state index in [2.05, 4.69) is 29.6 Å². The lowest BCUT2D eigenvalue weighted by Crippen LogP contribution is -2.31. The summed E-state index contributed by atoms with van der Waals surface area (Å²) in [6.07, 6.45) is 3.05. The van der Waals surface area contributed by atoms with Crippen molar-refractivity contribution in [1.82, 2.24) is 14.8 Å².